The number of urea groups is 1. The number of halogens is 4. The van der Waals surface area contributed by atoms with Crippen LogP contribution in [0.4, 0.5) is 29.3 Å². The standard InChI is InChI=1S/C27H27ClF3N3O6/c28-23-8-4-5-9-24(23)34(40-25(37)27(29,30)31)26(38)33-19-12-10-18(11-13-19)14-20(16-35)32-15-21(36)17-39-22-6-2-1-3-7-22/h1-13,20-21,32,35-36H,14-17H2,(H,33,38)/t20-,21-/m0/s1. The van der Waals surface area contributed by atoms with Crippen LogP contribution in [0, 0.1) is 0 Å². The maximum absolute atomic E-state index is 12.8. The molecule has 0 saturated heterocycles. The predicted octanol–water partition coefficient (Wildman–Crippen LogP) is 4.33. The first-order valence-electron chi connectivity index (χ1n) is 12.0. The van der Waals surface area contributed by atoms with Crippen LogP contribution < -0.4 is 20.4 Å². The summed E-state index contributed by atoms with van der Waals surface area (Å²) in [7, 11) is 0. The molecule has 0 aromatic heterocycles. The van der Waals surface area contributed by atoms with Gasteiger partial charge in [-0.25, -0.2) is 9.59 Å². The number of carbonyl (C=O) groups excluding carboxylic acids is 2. The molecule has 0 aliphatic heterocycles. The highest BCUT2D eigenvalue weighted by Gasteiger charge is 2.44. The molecule has 2 amide bonds. The number of alkyl halides is 3. The number of nitrogens with one attached hydrogen (secondary N) is 2. The van der Waals surface area contributed by atoms with Gasteiger partial charge in [0.05, 0.1) is 11.6 Å². The second-order valence-electron chi connectivity index (χ2n) is 8.52. The van der Waals surface area contributed by atoms with E-state index in [-0.39, 0.29) is 41.2 Å². The lowest BCUT2D eigenvalue weighted by molar-refractivity contribution is -0.199. The number of hydrogen-bond donors (Lipinski definition) is 4. The van der Waals surface area contributed by atoms with Gasteiger partial charge < -0.3 is 30.4 Å². The monoisotopic (exact) mass is 581 g/mol. The zero-order valence-electron chi connectivity index (χ0n) is 21.0. The molecule has 0 aliphatic carbocycles. The van der Waals surface area contributed by atoms with Gasteiger partial charge in [0.25, 0.3) is 0 Å². The van der Waals surface area contributed by atoms with Crippen molar-refractivity contribution < 1.29 is 42.5 Å². The van der Waals surface area contributed by atoms with Gasteiger partial charge >= 0.3 is 18.2 Å². The smallest absolute Gasteiger partial charge is 0.491 e. The number of para-hydroxylation sites is 2. The summed E-state index contributed by atoms with van der Waals surface area (Å²) in [6.45, 7) is 0.00982. The average Bonchev–Trinajstić information content (AvgIpc) is 2.94. The van der Waals surface area contributed by atoms with Crippen molar-refractivity contribution in [3.05, 3.63) is 89.4 Å². The highest BCUT2D eigenvalue weighted by atomic mass is 35.5. The van der Waals surface area contributed by atoms with Crippen LogP contribution in [-0.2, 0) is 16.1 Å². The van der Waals surface area contributed by atoms with Gasteiger partial charge in [0.15, 0.2) is 0 Å². The topological polar surface area (TPSA) is 120 Å². The molecule has 9 nitrogen and oxygen atoms in total. The Labute approximate surface area is 233 Å². The van der Waals surface area contributed by atoms with Crippen LogP contribution in [0.1, 0.15) is 5.56 Å². The maximum atomic E-state index is 12.8. The third kappa shape index (κ3) is 9.42. The Morgan fingerprint density at radius 2 is 1.62 bits per heavy atom. The first-order valence-corrected chi connectivity index (χ1v) is 12.4. The minimum Gasteiger partial charge on any atom is -0.491 e. The SMILES string of the molecule is O=C(Nc1ccc(C[C@@H](CO)NC[C@H](O)COc2ccccc2)cc1)N(OC(=O)C(F)(F)F)c1ccccc1Cl. The van der Waals surface area contributed by atoms with Crippen molar-refractivity contribution in [2.45, 2.75) is 24.7 Å². The summed E-state index contributed by atoms with van der Waals surface area (Å²) >= 11 is 5.99. The fourth-order valence-electron chi connectivity index (χ4n) is 3.41. The van der Waals surface area contributed by atoms with E-state index in [1.807, 2.05) is 18.2 Å². The largest absolute Gasteiger partial charge is 0.493 e. The first-order chi connectivity index (χ1) is 19.1. The molecule has 0 radical (unpaired) electrons. The van der Waals surface area contributed by atoms with Crippen LogP contribution in [-0.4, -0.2) is 60.3 Å². The van der Waals surface area contributed by atoms with Gasteiger partial charge in [-0.2, -0.15) is 13.2 Å². The molecule has 214 valence electrons. The molecule has 0 unspecified atom stereocenters. The van der Waals surface area contributed by atoms with E-state index in [1.54, 1.807) is 24.3 Å². The van der Waals surface area contributed by atoms with Crippen LogP contribution in [0.5, 0.6) is 5.75 Å². The zero-order chi connectivity index (χ0) is 29.1. The molecule has 3 rings (SSSR count). The van der Waals surface area contributed by atoms with Gasteiger partial charge in [0.2, 0.25) is 0 Å². The number of nitrogens with zero attached hydrogens (tertiary/aromatic N) is 1. The van der Waals surface area contributed by atoms with Crippen molar-refractivity contribution in [2.24, 2.45) is 0 Å². The van der Waals surface area contributed by atoms with Crippen LogP contribution in [0.2, 0.25) is 5.02 Å². The number of anilines is 2. The number of hydrogen-bond acceptors (Lipinski definition) is 7. The molecule has 0 fully saturated rings. The van der Waals surface area contributed by atoms with E-state index in [9.17, 15) is 33.0 Å². The van der Waals surface area contributed by atoms with Crippen molar-refractivity contribution >= 4 is 35.0 Å². The molecule has 13 heteroatoms. The number of benzene rings is 3. The number of rotatable bonds is 11. The Morgan fingerprint density at radius 1 is 0.975 bits per heavy atom. The summed E-state index contributed by atoms with van der Waals surface area (Å²) < 4.78 is 43.9. The molecule has 0 saturated carbocycles. The van der Waals surface area contributed by atoms with E-state index in [4.69, 9.17) is 16.3 Å². The lowest BCUT2D eigenvalue weighted by atomic mass is 10.1. The summed E-state index contributed by atoms with van der Waals surface area (Å²) in [6.07, 6.45) is -5.80. The van der Waals surface area contributed by atoms with Gasteiger partial charge in [-0.15, -0.1) is 5.06 Å². The highest BCUT2D eigenvalue weighted by molar-refractivity contribution is 6.33. The fourth-order valence-corrected chi connectivity index (χ4v) is 3.62. The van der Waals surface area contributed by atoms with Crippen molar-refractivity contribution in [2.75, 3.05) is 30.1 Å². The zero-order valence-corrected chi connectivity index (χ0v) is 21.7. The van der Waals surface area contributed by atoms with E-state index >= 15 is 0 Å². The van der Waals surface area contributed by atoms with Crippen LogP contribution in [0.15, 0.2) is 78.9 Å². The Kier molecular flexibility index (Phi) is 11.1. The number of hydroxylamine groups is 1. The second kappa shape index (κ2) is 14.5. The summed E-state index contributed by atoms with van der Waals surface area (Å²) in [4.78, 5) is 28.5. The molecule has 40 heavy (non-hydrogen) atoms. The predicted molar refractivity (Wildman–Crippen MR) is 142 cm³/mol. The first kappa shape index (κ1) is 30.7. The number of carbonyl (C=O) groups is 2. The number of amides is 2. The van der Waals surface area contributed by atoms with Gasteiger partial charge in [-0.1, -0.05) is 54.1 Å². The van der Waals surface area contributed by atoms with E-state index in [2.05, 4.69) is 15.5 Å². The van der Waals surface area contributed by atoms with E-state index in [0.717, 1.165) is 5.56 Å². The maximum Gasteiger partial charge on any atom is 0.493 e. The summed E-state index contributed by atoms with van der Waals surface area (Å²) in [6, 6.07) is 19.1. The van der Waals surface area contributed by atoms with Crippen molar-refractivity contribution in [1.29, 1.82) is 0 Å². The Hall–Kier alpha value is -3.84. The van der Waals surface area contributed by atoms with Crippen molar-refractivity contribution in [1.82, 2.24) is 5.32 Å². The molecule has 2 atom stereocenters. The molecule has 0 spiro atoms. The third-order valence-corrected chi connectivity index (χ3v) is 5.72. The number of aliphatic hydroxyl groups excluding tert-OH is 2. The second-order valence-corrected chi connectivity index (χ2v) is 8.93. The van der Waals surface area contributed by atoms with Crippen molar-refractivity contribution in [3.63, 3.8) is 0 Å². The molecular weight excluding hydrogens is 555 g/mol. The molecule has 3 aromatic carbocycles. The van der Waals surface area contributed by atoms with Gasteiger partial charge in [0.1, 0.15) is 24.1 Å². The van der Waals surface area contributed by atoms with Gasteiger partial charge in [-0.3, -0.25) is 0 Å². The summed E-state index contributed by atoms with van der Waals surface area (Å²) in [5, 5.41) is 25.3. The van der Waals surface area contributed by atoms with Crippen LogP contribution in [0.25, 0.3) is 0 Å². The van der Waals surface area contributed by atoms with Crippen molar-refractivity contribution in [3.8, 4) is 5.75 Å². The molecule has 4 N–H and O–H groups in total. The van der Waals surface area contributed by atoms with Crippen LogP contribution >= 0.6 is 11.6 Å². The third-order valence-electron chi connectivity index (χ3n) is 5.40. The fraction of sp³-hybridized carbons (Fsp3) is 0.259. The number of aliphatic hydroxyl groups is 2. The average molecular weight is 582 g/mol. The molecule has 0 bridgehead atoms. The molecule has 0 aliphatic rings. The lowest BCUT2D eigenvalue weighted by Gasteiger charge is -2.23. The quantitative estimate of drug-likeness (QED) is 0.249. The Bertz CT molecular complexity index is 1250. The molecule has 0 heterocycles. The molecular formula is C27H27ClF3N3O6. The minimum absolute atomic E-state index is 0.0625. The Morgan fingerprint density at radius 3 is 2.25 bits per heavy atom. The van der Waals surface area contributed by atoms with E-state index in [1.165, 1.54) is 36.4 Å². The van der Waals surface area contributed by atoms with Gasteiger partial charge in [0, 0.05) is 18.3 Å². The van der Waals surface area contributed by atoms with Crippen LogP contribution in [0.3, 0.4) is 0 Å². The minimum atomic E-state index is -5.34. The normalized spacial score (nSPS) is 12.8. The summed E-state index contributed by atoms with van der Waals surface area (Å²) in [5.74, 6) is -1.97. The van der Waals surface area contributed by atoms with E-state index in [0.29, 0.717) is 12.2 Å². The lowest BCUT2D eigenvalue weighted by Crippen LogP contribution is -2.41. The van der Waals surface area contributed by atoms with Gasteiger partial charge in [-0.05, 0) is 48.4 Å². The molecule has 3 aromatic rings. The number of ether oxygens (including phenoxy) is 1. The summed E-state index contributed by atoms with van der Waals surface area (Å²) in [5.41, 5.74) is 0.672. The Balaban J connectivity index is 1.57. The van der Waals surface area contributed by atoms with E-state index < -0.39 is 30.3 Å². The highest BCUT2D eigenvalue weighted by Crippen LogP contribution is 2.28.